The highest BCUT2D eigenvalue weighted by atomic mass is 16.5. The Labute approximate surface area is 479 Å². The lowest BCUT2D eigenvalue weighted by molar-refractivity contribution is -0.146. The minimum Gasteiger partial charge on any atom is -0.481 e. The summed E-state index contributed by atoms with van der Waals surface area (Å²) in [4.78, 5) is 153. The largest absolute Gasteiger partial charge is 0.481 e. The number of carbonyl (C=O) groups is 12. The first-order valence-electron chi connectivity index (χ1n) is 27.3. The minimum absolute atomic E-state index is 0.0248. The standard InChI is InChI=1S/C52H82N10O21/c63-41(14-8-11-37-9-2-1-3-10-37)53-17-6-4-12-38(55-42(64)31-58-20-22-59(32-45(68)69)24-26-61(34-47(72)73)27-25-60(23-21-58)33-46(70)71)49(76)54-18-28-82-29-30-83-36-43(65)62(35-48(74)75)19-7-5-13-39(50(77)78)56-52(81)57-40(51(79)80)15-16-44(66)67/h1-3,9-10,38-40H,4-8,11-36H2,(H,53,63)(H,54,76)(H,55,64)(H,66,67)(H,68,69)(H,70,71)(H,72,73)(H,74,75)(H,77,78)(H,79,80)(H2,56,57,81)/t38-,39-,40-/m0/s1. The normalized spacial score (nSPS) is 14.9. The van der Waals surface area contributed by atoms with Crippen LogP contribution in [0.25, 0.3) is 0 Å². The molecule has 1 fully saturated rings. The number of carboxylic acid groups (broad SMARTS) is 7. The van der Waals surface area contributed by atoms with Crippen LogP contribution >= 0.6 is 0 Å². The Bertz CT molecular complexity index is 2220. The fraction of sp³-hybridized carbons (Fsp3) is 0.654. The van der Waals surface area contributed by atoms with Crippen molar-refractivity contribution in [1.82, 2.24) is 51.1 Å². The first-order chi connectivity index (χ1) is 39.5. The van der Waals surface area contributed by atoms with Crippen LogP contribution in [-0.4, -0.2) is 281 Å². The van der Waals surface area contributed by atoms with E-state index in [0.717, 1.165) is 16.9 Å². The highest BCUT2D eigenvalue weighted by molar-refractivity contribution is 5.88. The van der Waals surface area contributed by atoms with Gasteiger partial charge >= 0.3 is 47.8 Å². The van der Waals surface area contributed by atoms with Gasteiger partial charge in [-0.2, -0.15) is 0 Å². The van der Waals surface area contributed by atoms with Gasteiger partial charge in [0.25, 0.3) is 0 Å². The van der Waals surface area contributed by atoms with E-state index in [4.69, 9.17) is 14.6 Å². The third-order valence-corrected chi connectivity index (χ3v) is 12.8. The van der Waals surface area contributed by atoms with Gasteiger partial charge in [-0.05, 0) is 63.4 Å². The van der Waals surface area contributed by atoms with Crippen LogP contribution in [0.2, 0.25) is 0 Å². The van der Waals surface area contributed by atoms with Crippen molar-refractivity contribution in [3.05, 3.63) is 35.9 Å². The zero-order chi connectivity index (χ0) is 61.5. The molecule has 12 N–H and O–H groups in total. The second-order valence-corrected chi connectivity index (χ2v) is 19.6. The highest BCUT2D eigenvalue weighted by Crippen LogP contribution is 2.09. The summed E-state index contributed by atoms with van der Waals surface area (Å²) in [5, 5.41) is 78.2. The molecule has 0 unspecified atom stereocenters. The van der Waals surface area contributed by atoms with Gasteiger partial charge in [0.1, 0.15) is 31.3 Å². The molecule has 31 heteroatoms. The highest BCUT2D eigenvalue weighted by Gasteiger charge is 2.27. The van der Waals surface area contributed by atoms with E-state index in [2.05, 4.69) is 21.3 Å². The van der Waals surface area contributed by atoms with E-state index in [0.29, 0.717) is 32.2 Å². The molecule has 1 aromatic carbocycles. The molecule has 1 heterocycles. The Morgan fingerprint density at radius 1 is 0.482 bits per heavy atom. The van der Waals surface area contributed by atoms with Gasteiger partial charge in [0.15, 0.2) is 0 Å². The third kappa shape index (κ3) is 35.1. The number of benzene rings is 1. The van der Waals surface area contributed by atoms with Gasteiger partial charge in [-0.3, -0.25) is 62.8 Å². The Balaban J connectivity index is 1.98. The number of unbranched alkanes of at least 4 members (excludes halogenated alkanes) is 2. The molecule has 83 heavy (non-hydrogen) atoms. The van der Waals surface area contributed by atoms with Crippen molar-refractivity contribution < 1.29 is 103 Å². The van der Waals surface area contributed by atoms with Crippen molar-refractivity contribution in [2.45, 2.75) is 88.8 Å². The van der Waals surface area contributed by atoms with Crippen LogP contribution in [0.15, 0.2) is 30.3 Å². The number of ether oxygens (including phenoxy) is 2. The van der Waals surface area contributed by atoms with Crippen molar-refractivity contribution >= 4 is 71.4 Å². The molecule has 1 saturated heterocycles. The second-order valence-electron chi connectivity index (χ2n) is 19.6. The molecule has 6 amide bonds. The van der Waals surface area contributed by atoms with Gasteiger partial charge in [0.2, 0.25) is 23.6 Å². The number of carboxylic acids is 7. The molecule has 0 spiro atoms. The molecule has 2 rings (SSSR count). The van der Waals surface area contributed by atoms with Crippen LogP contribution in [-0.2, 0) is 68.6 Å². The first-order valence-corrected chi connectivity index (χ1v) is 27.3. The number of nitrogens with one attached hydrogen (secondary N) is 5. The lowest BCUT2D eigenvalue weighted by Gasteiger charge is -2.33. The monoisotopic (exact) mass is 1180 g/mol. The summed E-state index contributed by atoms with van der Waals surface area (Å²) in [6.45, 7) is -1.23. The molecule has 3 atom stereocenters. The zero-order valence-corrected chi connectivity index (χ0v) is 46.6. The fourth-order valence-electron chi connectivity index (χ4n) is 8.47. The molecule has 0 aliphatic carbocycles. The van der Waals surface area contributed by atoms with Crippen LogP contribution in [0, 0.1) is 0 Å². The Hall–Kier alpha value is -7.58. The molecule has 466 valence electrons. The summed E-state index contributed by atoms with van der Waals surface area (Å²) >= 11 is 0. The maximum absolute atomic E-state index is 13.8. The number of rotatable bonds is 41. The van der Waals surface area contributed by atoms with Gasteiger partial charge in [0, 0.05) is 84.8 Å². The van der Waals surface area contributed by atoms with Crippen LogP contribution in [0.4, 0.5) is 4.79 Å². The van der Waals surface area contributed by atoms with E-state index < -0.39 is 110 Å². The average molecular weight is 1180 g/mol. The molecule has 31 nitrogen and oxygen atoms in total. The van der Waals surface area contributed by atoms with Crippen molar-refractivity contribution in [3.8, 4) is 0 Å². The number of aliphatic carboxylic acids is 7. The third-order valence-electron chi connectivity index (χ3n) is 12.8. The molecule has 0 aromatic heterocycles. The van der Waals surface area contributed by atoms with Crippen molar-refractivity contribution in [1.29, 1.82) is 0 Å². The van der Waals surface area contributed by atoms with E-state index in [1.807, 2.05) is 35.6 Å². The summed E-state index contributed by atoms with van der Waals surface area (Å²) in [5.41, 5.74) is 1.12. The van der Waals surface area contributed by atoms with Crippen LogP contribution in [0.3, 0.4) is 0 Å². The van der Waals surface area contributed by atoms with Gasteiger partial charge < -0.3 is 76.7 Å². The molecule has 1 aromatic rings. The number of aryl methyl sites for hydroxylation is 1. The Kier molecular flexibility index (Phi) is 35.7. The number of nitrogens with zero attached hydrogens (tertiary/aromatic N) is 5. The van der Waals surface area contributed by atoms with Crippen LogP contribution < -0.4 is 26.6 Å². The molecular formula is C52H82N10O21. The summed E-state index contributed by atoms with van der Waals surface area (Å²) in [7, 11) is 0. The topological polar surface area (TPSA) is 441 Å². The van der Waals surface area contributed by atoms with Crippen molar-refractivity contribution in [2.24, 2.45) is 0 Å². The molecule has 1 aliphatic heterocycles. The molecule has 1 aliphatic rings. The van der Waals surface area contributed by atoms with E-state index >= 15 is 0 Å². The summed E-state index contributed by atoms with van der Waals surface area (Å²) in [6, 6.07) is 4.43. The van der Waals surface area contributed by atoms with E-state index in [9.17, 15) is 88.2 Å². The maximum atomic E-state index is 13.8. The number of hydrogen-bond donors (Lipinski definition) is 12. The lowest BCUT2D eigenvalue weighted by Crippen LogP contribution is -2.52. The van der Waals surface area contributed by atoms with Crippen molar-refractivity contribution in [3.63, 3.8) is 0 Å². The summed E-state index contributed by atoms with van der Waals surface area (Å²) in [5.74, 6) is -10.9. The number of amides is 6. The predicted molar refractivity (Wildman–Crippen MR) is 291 cm³/mol. The van der Waals surface area contributed by atoms with Crippen LogP contribution in [0.1, 0.15) is 69.8 Å². The number of urea groups is 1. The predicted octanol–water partition coefficient (Wildman–Crippen LogP) is -2.44. The second kappa shape index (κ2) is 41.4. The average Bonchev–Trinajstić information content (AvgIpc) is 3.44. The number of hydrogen-bond acceptors (Lipinski definition) is 18. The quantitative estimate of drug-likeness (QED) is 0.0303. The number of carbonyl (C=O) groups excluding carboxylic acids is 5. The summed E-state index contributed by atoms with van der Waals surface area (Å²) < 4.78 is 10.9. The van der Waals surface area contributed by atoms with E-state index in [-0.39, 0.29) is 143 Å². The van der Waals surface area contributed by atoms with E-state index in [1.54, 1.807) is 19.6 Å². The van der Waals surface area contributed by atoms with Gasteiger partial charge in [-0.25, -0.2) is 14.4 Å². The Morgan fingerprint density at radius 2 is 0.988 bits per heavy atom. The van der Waals surface area contributed by atoms with Gasteiger partial charge in [-0.1, -0.05) is 30.3 Å². The molecule has 0 radical (unpaired) electrons. The minimum atomic E-state index is -1.60. The fourth-order valence-corrected chi connectivity index (χ4v) is 8.47. The molecular weight excluding hydrogens is 1100 g/mol. The summed E-state index contributed by atoms with van der Waals surface area (Å²) in [6.07, 6.45) is 1.73. The molecule has 0 saturated carbocycles. The SMILES string of the molecule is O=C(O)CC[C@H](NC(=O)N[C@@H](CCCCN(CC(=O)O)C(=O)COCCOCCNC(=O)[C@H](CCCCNC(=O)CCCc1ccccc1)NC(=O)CN1CCN(CC(=O)O)CCN(CC(=O)O)CCN(CC(=O)O)CC1)C(=O)O)C(=O)O. The lowest BCUT2D eigenvalue weighted by atomic mass is 10.1. The zero-order valence-electron chi connectivity index (χ0n) is 46.6. The van der Waals surface area contributed by atoms with Crippen molar-refractivity contribution in [2.75, 3.05) is 131 Å². The van der Waals surface area contributed by atoms with Gasteiger partial charge in [0.05, 0.1) is 46.0 Å². The maximum Gasteiger partial charge on any atom is 0.326 e. The van der Waals surface area contributed by atoms with Crippen LogP contribution in [0.5, 0.6) is 0 Å². The smallest absolute Gasteiger partial charge is 0.326 e. The van der Waals surface area contributed by atoms with Gasteiger partial charge in [-0.15, -0.1) is 0 Å². The molecule has 0 bridgehead atoms. The van der Waals surface area contributed by atoms with E-state index in [1.165, 1.54) is 0 Å². The first kappa shape index (κ1) is 71.5. The Morgan fingerprint density at radius 3 is 1.51 bits per heavy atom.